The lowest BCUT2D eigenvalue weighted by atomic mass is 10.1. The average Bonchev–Trinajstić information content (AvgIpc) is 3.39. The van der Waals surface area contributed by atoms with E-state index in [4.69, 9.17) is 17.3 Å². The summed E-state index contributed by atoms with van der Waals surface area (Å²) in [7, 11) is 0. The Morgan fingerprint density at radius 2 is 2.06 bits per heavy atom. The summed E-state index contributed by atoms with van der Waals surface area (Å²) < 4.78 is 0. The van der Waals surface area contributed by atoms with Crippen molar-refractivity contribution in [2.45, 2.75) is 26.4 Å². The molecule has 32 heavy (non-hydrogen) atoms. The van der Waals surface area contributed by atoms with E-state index in [1.54, 1.807) is 36.7 Å². The summed E-state index contributed by atoms with van der Waals surface area (Å²) in [5, 5.41) is 6.52. The van der Waals surface area contributed by atoms with Crippen LogP contribution in [0.5, 0.6) is 0 Å². The van der Waals surface area contributed by atoms with Crippen molar-refractivity contribution in [3.63, 3.8) is 0 Å². The molecule has 9 nitrogen and oxygen atoms in total. The van der Waals surface area contributed by atoms with Crippen LogP contribution in [-0.4, -0.2) is 37.8 Å². The maximum atomic E-state index is 12.6. The van der Waals surface area contributed by atoms with Crippen molar-refractivity contribution in [3.8, 4) is 11.1 Å². The fourth-order valence-corrected chi connectivity index (χ4v) is 3.55. The number of rotatable bonds is 7. The third-order valence-electron chi connectivity index (χ3n) is 4.77. The smallest absolute Gasteiger partial charge is 0.268 e. The molecule has 0 aliphatic heterocycles. The molecule has 0 atom stereocenters. The third-order valence-corrected chi connectivity index (χ3v) is 5.08. The number of anilines is 1. The number of aromatic nitrogens is 4. The molecule has 0 unspecified atom stereocenters. The van der Waals surface area contributed by atoms with Gasteiger partial charge in [-0.15, -0.1) is 0 Å². The number of pyridine rings is 1. The zero-order valence-corrected chi connectivity index (χ0v) is 18.2. The lowest BCUT2D eigenvalue weighted by Gasteiger charge is -2.10. The van der Waals surface area contributed by atoms with Gasteiger partial charge < -0.3 is 26.3 Å². The minimum atomic E-state index is -0.557. The molecule has 0 aliphatic carbocycles. The van der Waals surface area contributed by atoms with Gasteiger partial charge in [-0.2, -0.15) is 0 Å². The number of H-pyrrole nitrogens is 2. The molecular formula is C22H22ClN7O2. The molecule has 0 fully saturated rings. The first-order valence-corrected chi connectivity index (χ1v) is 10.4. The highest BCUT2D eigenvalue weighted by molar-refractivity contribution is 6.33. The van der Waals surface area contributed by atoms with E-state index in [0.717, 1.165) is 11.1 Å². The van der Waals surface area contributed by atoms with Gasteiger partial charge in [0, 0.05) is 29.6 Å². The van der Waals surface area contributed by atoms with Crippen molar-refractivity contribution < 1.29 is 9.59 Å². The summed E-state index contributed by atoms with van der Waals surface area (Å²) in [6.07, 6.45) is 3.30. The van der Waals surface area contributed by atoms with Gasteiger partial charge in [0.2, 0.25) is 0 Å². The lowest BCUT2D eigenvalue weighted by Crippen LogP contribution is -2.23. The van der Waals surface area contributed by atoms with Gasteiger partial charge in [0.15, 0.2) is 0 Å². The fourth-order valence-electron chi connectivity index (χ4n) is 3.34. The Balaban J connectivity index is 1.49. The number of aromatic amines is 2. The normalized spacial score (nSPS) is 11.1. The molecule has 4 aromatic rings. The lowest BCUT2D eigenvalue weighted by molar-refractivity contribution is 0.0944. The highest BCUT2D eigenvalue weighted by atomic mass is 35.5. The van der Waals surface area contributed by atoms with Gasteiger partial charge in [0.25, 0.3) is 11.8 Å². The summed E-state index contributed by atoms with van der Waals surface area (Å²) >= 11 is 6.32. The Labute approximate surface area is 188 Å². The summed E-state index contributed by atoms with van der Waals surface area (Å²) in [6, 6.07) is 8.91. The van der Waals surface area contributed by atoms with Crippen molar-refractivity contribution in [1.82, 2.24) is 25.3 Å². The Bertz CT molecular complexity index is 1310. The van der Waals surface area contributed by atoms with Gasteiger partial charge in [-0.25, -0.2) is 9.97 Å². The molecule has 164 valence electrons. The number of nitrogens with one attached hydrogen (secondary N) is 4. The first kappa shape index (κ1) is 21.4. The number of carbonyl (C=O) groups is 2. The van der Waals surface area contributed by atoms with E-state index in [-0.39, 0.29) is 18.5 Å². The van der Waals surface area contributed by atoms with E-state index in [1.807, 2.05) is 19.9 Å². The summed E-state index contributed by atoms with van der Waals surface area (Å²) in [6.45, 7) is 4.19. The van der Waals surface area contributed by atoms with Crippen LogP contribution in [0.15, 0.2) is 42.7 Å². The number of para-hydroxylation sites is 1. The molecule has 0 radical (unpaired) electrons. The van der Waals surface area contributed by atoms with Gasteiger partial charge in [-0.3, -0.25) is 9.59 Å². The number of hydrogen-bond donors (Lipinski definition) is 5. The van der Waals surface area contributed by atoms with Crippen LogP contribution >= 0.6 is 11.6 Å². The highest BCUT2D eigenvalue weighted by Gasteiger charge is 2.15. The predicted octanol–water partition coefficient (Wildman–Crippen LogP) is 3.46. The molecule has 6 N–H and O–H groups in total. The number of carbonyl (C=O) groups excluding carboxylic acids is 2. The van der Waals surface area contributed by atoms with Gasteiger partial charge >= 0.3 is 0 Å². The van der Waals surface area contributed by atoms with Crippen molar-refractivity contribution in [2.24, 2.45) is 5.73 Å². The van der Waals surface area contributed by atoms with E-state index in [0.29, 0.717) is 39.0 Å². The van der Waals surface area contributed by atoms with Crippen molar-refractivity contribution in [1.29, 1.82) is 0 Å². The molecule has 0 saturated carbocycles. The molecule has 1 aromatic carbocycles. The number of benzene rings is 1. The number of amides is 2. The molecule has 0 saturated heterocycles. The zero-order chi connectivity index (χ0) is 22.8. The predicted molar refractivity (Wildman–Crippen MR) is 124 cm³/mol. The first-order chi connectivity index (χ1) is 15.3. The Morgan fingerprint density at radius 1 is 1.25 bits per heavy atom. The summed E-state index contributed by atoms with van der Waals surface area (Å²) in [5.74, 6) is 0.345. The quantitative estimate of drug-likeness (QED) is 0.292. The van der Waals surface area contributed by atoms with Crippen LogP contribution in [0.4, 0.5) is 5.82 Å². The number of nitrogens with zero attached hydrogens (tertiary/aromatic N) is 2. The molecule has 4 rings (SSSR count). The van der Waals surface area contributed by atoms with Crippen LogP contribution in [0.3, 0.4) is 0 Å². The SMILES string of the molecule is CC(C)Nc1cc(-c2c[nH]c(C(=O)NCc3nc4c(C(N)=O)cccc4[nH]3)c2)c(Cl)cn1. The van der Waals surface area contributed by atoms with Gasteiger partial charge in [0.1, 0.15) is 22.9 Å². The van der Waals surface area contributed by atoms with Crippen LogP contribution in [0, 0.1) is 0 Å². The number of imidazole rings is 1. The molecule has 2 amide bonds. The minimum Gasteiger partial charge on any atom is -0.368 e. The topological polar surface area (TPSA) is 142 Å². The average molecular weight is 452 g/mol. The highest BCUT2D eigenvalue weighted by Crippen LogP contribution is 2.30. The van der Waals surface area contributed by atoms with Crippen LogP contribution in [0.25, 0.3) is 22.2 Å². The molecule has 0 bridgehead atoms. The fraction of sp³-hybridized carbons (Fsp3) is 0.182. The number of halogens is 1. The second-order valence-corrected chi connectivity index (χ2v) is 7.99. The van der Waals surface area contributed by atoms with Crippen LogP contribution < -0.4 is 16.4 Å². The standard InChI is InChI=1S/C22H22ClN7O2/c1-11(2)28-18-7-14(15(23)9-26-18)12-6-17(25-8-12)22(32)27-10-19-29-16-5-3-4-13(21(24)31)20(16)30-19/h3-9,11,25H,10H2,1-2H3,(H2,24,31)(H,26,28)(H,27,32)(H,29,30). The first-order valence-electron chi connectivity index (χ1n) is 9.98. The number of primary amides is 1. The molecule has 0 aliphatic rings. The van der Waals surface area contributed by atoms with Crippen molar-refractivity contribution in [2.75, 3.05) is 5.32 Å². The Morgan fingerprint density at radius 3 is 2.81 bits per heavy atom. The van der Waals surface area contributed by atoms with Crippen molar-refractivity contribution in [3.05, 3.63) is 64.8 Å². The molecule has 10 heteroatoms. The van der Waals surface area contributed by atoms with E-state index in [9.17, 15) is 9.59 Å². The Hall–Kier alpha value is -3.85. The molecule has 3 heterocycles. The third kappa shape index (κ3) is 4.42. The zero-order valence-electron chi connectivity index (χ0n) is 17.5. The van der Waals surface area contributed by atoms with E-state index in [1.165, 1.54) is 0 Å². The largest absolute Gasteiger partial charge is 0.368 e. The van der Waals surface area contributed by atoms with Gasteiger partial charge in [0.05, 0.1) is 22.6 Å². The second kappa shape index (κ2) is 8.72. The molecular weight excluding hydrogens is 430 g/mol. The maximum Gasteiger partial charge on any atom is 0.268 e. The van der Waals surface area contributed by atoms with Crippen LogP contribution in [-0.2, 0) is 6.54 Å². The summed E-state index contributed by atoms with van der Waals surface area (Å²) in [4.78, 5) is 38.9. The summed E-state index contributed by atoms with van der Waals surface area (Å²) in [5.41, 5.74) is 8.77. The number of fused-ring (bicyclic) bond motifs is 1. The van der Waals surface area contributed by atoms with E-state index < -0.39 is 5.91 Å². The van der Waals surface area contributed by atoms with Gasteiger partial charge in [-0.1, -0.05) is 17.7 Å². The second-order valence-electron chi connectivity index (χ2n) is 7.58. The van der Waals surface area contributed by atoms with Crippen molar-refractivity contribution >= 4 is 40.3 Å². The van der Waals surface area contributed by atoms with E-state index in [2.05, 4.69) is 30.6 Å². The maximum absolute atomic E-state index is 12.6. The van der Waals surface area contributed by atoms with Crippen LogP contribution in [0.2, 0.25) is 5.02 Å². The van der Waals surface area contributed by atoms with E-state index >= 15 is 0 Å². The van der Waals surface area contributed by atoms with Gasteiger partial charge in [-0.05, 0) is 38.1 Å². The molecule has 0 spiro atoms. The van der Waals surface area contributed by atoms with Crippen LogP contribution in [0.1, 0.15) is 40.5 Å². The number of hydrogen-bond acceptors (Lipinski definition) is 5. The Kier molecular flexibility index (Phi) is 5.83. The molecule has 3 aromatic heterocycles. The number of nitrogens with two attached hydrogens (primary N) is 1. The minimum absolute atomic E-state index is 0.151. The monoisotopic (exact) mass is 451 g/mol.